The fourth-order valence-electron chi connectivity index (χ4n) is 1.58. The first-order valence-corrected chi connectivity index (χ1v) is 7.68. The highest BCUT2D eigenvalue weighted by Crippen LogP contribution is 2.01. The van der Waals surface area contributed by atoms with E-state index in [0.717, 1.165) is 5.56 Å². The average Bonchev–Trinajstić information content (AvgIpc) is 2.34. The molecule has 1 rings (SSSR count). The number of carbonyl (C=O) groups is 1. The van der Waals surface area contributed by atoms with E-state index in [-0.39, 0.29) is 24.6 Å². The molecule has 7 heteroatoms. The first-order valence-electron chi connectivity index (χ1n) is 5.96. The van der Waals surface area contributed by atoms with Crippen LogP contribution in [0.3, 0.4) is 0 Å². The van der Waals surface area contributed by atoms with Crippen molar-refractivity contribution in [2.45, 2.75) is 18.9 Å². The smallest absolute Gasteiger partial charge is 0.237 e. The molecule has 19 heavy (non-hydrogen) atoms. The zero-order valence-corrected chi connectivity index (χ0v) is 11.4. The van der Waals surface area contributed by atoms with Crippen molar-refractivity contribution in [2.24, 2.45) is 10.9 Å². The summed E-state index contributed by atoms with van der Waals surface area (Å²) < 4.78 is 21.4. The maximum absolute atomic E-state index is 11.7. The Kier molecular flexibility index (Phi) is 5.94. The third kappa shape index (κ3) is 6.90. The molecule has 106 valence electrons. The monoisotopic (exact) mass is 285 g/mol. The van der Waals surface area contributed by atoms with Gasteiger partial charge in [0.25, 0.3) is 0 Å². The lowest BCUT2D eigenvalue weighted by atomic mass is 10.1. The number of benzene rings is 1. The minimum Gasteiger partial charge on any atom is -0.355 e. The molecule has 0 spiro atoms. The number of primary sulfonamides is 1. The van der Waals surface area contributed by atoms with Gasteiger partial charge in [0.15, 0.2) is 0 Å². The molecular formula is C12H19N3O3S. The van der Waals surface area contributed by atoms with Gasteiger partial charge in [0.05, 0.1) is 11.8 Å². The Morgan fingerprint density at radius 1 is 1.26 bits per heavy atom. The average molecular weight is 285 g/mol. The first kappa shape index (κ1) is 15.6. The van der Waals surface area contributed by atoms with Crippen LogP contribution in [0.1, 0.15) is 12.0 Å². The molecule has 0 saturated carbocycles. The van der Waals surface area contributed by atoms with Gasteiger partial charge in [-0.25, -0.2) is 13.6 Å². The maximum atomic E-state index is 11.7. The number of hydrogen-bond donors (Lipinski definition) is 3. The van der Waals surface area contributed by atoms with Gasteiger partial charge in [-0.1, -0.05) is 30.3 Å². The molecular weight excluding hydrogens is 266 g/mol. The van der Waals surface area contributed by atoms with Gasteiger partial charge in [0.1, 0.15) is 0 Å². The van der Waals surface area contributed by atoms with Crippen molar-refractivity contribution in [2.75, 3.05) is 12.3 Å². The topological polar surface area (TPSA) is 115 Å². The molecule has 0 bridgehead atoms. The Bertz CT molecular complexity index is 502. The molecule has 0 fully saturated rings. The Morgan fingerprint density at radius 3 is 2.47 bits per heavy atom. The number of rotatable bonds is 7. The molecule has 0 aliphatic carbocycles. The third-order valence-corrected chi connectivity index (χ3v) is 3.40. The fraction of sp³-hybridized carbons (Fsp3) is 0.417. The van der Waals surface area contributed by atoms with Crippen LogP contribution in [-0.2, 0) is 21.2 Å². The number of sulfonamides is 1. The van der Waals surface area contributed by atoms with Crippen molar-refractivity contribution in [3.8, 4) is 0 Å². The van der Waals surface area contributed by atoms with Crippen molar-refractivity contribution in [3.05, 3.63) is 35.9 Å². The van der Waals surface area contributed by atoms with Crippen LogP contribution in [0.5, 0.6) is 0 Å². The lowest BCUT2D eigenvalue weighted by Crippen LogP contribution is -2.42. The number of hydrogen-bond acceptors (Lipinski definition) is 4. The van der Waals surface area contributed by atoms with Gasteiger partial charge in [-0.2, -0.15) is 0 Å². The lowest BCUT2D eigenvalue weighted by Gasteiger charge is -2.12. The molecule has 0 unspecified atom stereocenters. The van der Waals surface area contributed by atoms with E-state index >= 15 is 0 Å². The highest BCUT2D eigenvalue weighted by Gasteiger charge is 2.13. The summed E-state index contributed by atoms with van der Waals surface area (Å²) in [6.07, 6.45) is 0.727. The van der Waals surface area contributed by atoms with Gasteiger partial charge in [0, 0.05) is 6.54 Å². The van der Waals surface area contributed by atoms with Gasteiger partial charge in [-0.05, 0) is 18.4 Å². The minimum absolute atomic E-state index is 0.152. The fourth-order valence-corrected chi connectivity index (χ4v) is 2.12. The van der Waals surface area contributed by atoms with Crippen molar-refractivity contribution < 1.29 is 13.2 Å². The number of nitrogens with two attached hydrogens (primary N) is 2. The Balaban J connectivity index is 2.29. The molecule has 0 aliphatic rings. The second-order valence-corrected chi connectivity index (χ2v) is 6.04. The van der Waals surface area contributed by atoms with E-state index in [1.54, 1.807) is 0 Å². The molecule has 0 heterocycles. The zero-order chi connectivity index (χ0) is 14.3. The van der Waals surface area contributed by atoms with Gasteiger partial charge >= 0.3 is 0 Å². The summed E-state index contributed by atoms with van der Waals surface area (Å²) in [6.45, 7) is 0.248. The van der Waals surface area contributed by atoms with E-state index in [1.165, 1.54) is 0 Å². The summed E-state index contributed by atoms with van der Waals surface area (Å²) in [5.74, 6) is -0.445. The van der Waals surface area contributed by atoms with Crippen LogP contribution in [0.4, 0.5) is 0 Å². The van der Waals surface area contributed by atoms with Crippen LogP contribution in [-0.4, -0.2) is 32.7 Å². The van der Waals surface area contributed by atoms with Crippen LogP contribution >= 0.6 is 0 Å². The van der Waals surface area contributed by atoms with Crippen molar-refractivity contribution in [1.82, 2.24) is 5.32 Å². The van der Waals surface area contributed by atoms with E-state index in [2.05, 4.69) is 5.32 Å². The Hall–Kier alpha value is -1.44. The predicted molar refractivity (Wildman–Crippen MR) is 73.7 cm³/mol. The molecule has 1 atom stereocenters. The Morgan fingerprint density at radius 2 is 1.89 bits per heavy atom. The Labute approximate surface area is 113 Å². The van der Waals surface area contributed by atoms with Crippen molar-refractivity contribution >= 4 is 15.9 Å². The molecule has 0 radical (unpaired) electrons. The maximum Gasteiger partial charge on any atom is 0.237 e. The van der Waals surface area contributed by atoms with Crippen molar-refractivity contribution in [1.29, 1.82) is 0 Å². The molecule has 0 aromatic heterocycles. The second kappa shape index (κ2) is 7.22. The highest BCUT2D eigenvalue weighted by atomic mass is 32.2. The quantitative estimate of drug-likeness (QED) is 0.577. The summed E-state index contributed by atoms with van der Waals surface area (Å²) in [4.78, 5) is 11.7. The van der Waals surface area contributed by atoms with E-state index < -0.39 is 16.1 Å². The van der Waals surface area contributed by atoms with E-state index in [4.69, 9.17) is 10.9 Å². The number of nitrogens with one attached hydrogen (secondary N) is 1. The normalized spacial score (nSPS) is 12.9. The summed E-state index contributed by atoms with van der Waals surface area (Å²) in [5.41, 5.74) is 6.74. The van der Waals surface area contributed by atoms with E-state index in [1.807, 2.05) is 30.3 Å². The van der Waals surface area contributed by atoms with Gasteiger partial charge < -0.3 is 11.1 Å². The first-order chi connectivity index (χ1) is 8.88. The molecule has 1 amide bonds. The zero-order valence-electron chi connectivity index (χ0n) is 10.6. The van der Waals surface area contributed by atoms with Crippen LogP contribution in [0.25, 0.3) is 0 Å². The minimum atomic E-state index is -3.47. The highest BCUT2D eigenvalue weighted by molar-refractivity contribution is 7.89. The van der Waals surface area contributed by atoms with Crippen LogP contribution in [0.15, 0.2) is 30.3 Å². The SMILES string of the molecule is N[C@H](Cc1ccccc1)C(=O)NCCCS(N)(=O)=O. The van der Waals surface area contributed by atoms with Gasteiger partial charge in [-0.3, -0.25) is 4.79 Å². The summed E-state index contributed by atoms with van der Waals surface area (Å²) in [7, 11) is -3.47. The molecule has 1 aromatic rings. The summed E-state index contributed by atoms with van der Waals surface area (Å²) in [5, 5.41) is 7.44. The molecule has 6 nitrogen and oxygen atoms in total. The largest absolute Gasteiger partial charge is 0.355 e. The summed E-state index contributed by atoms with van der Waals surface area (Å²) in [6, 6.07) is 8.81. The van der Waals surface area contributed by atoms with E-state index in [0.29, 0.717) is 6.42 Å². The standard InChI is InChI=1S/C12H19N3O3S/c13-11(9-10-5-2-1-3-6-10)12(16)15-7-4-8-19(14,17)18/h1-3,5-6,11H,4,7-9,13H2,(H,15,16)(H2,14,17,18)/t11-/m1/s1. The van der Waals surface area contributed by atoms with Crippen molar-refractivity contribution in [3.63, 3.8) is 0 Å². The lowest BCUT2D eigenvalue weighted by molar-refractivity contribution is -0.122. The predicted octanol–water partition coefficient (Wildman–Crippen LogP) is -0.649. The van der Waals surface area contributed by atoms with Gasteiger partial charge in [-0.15, -0.1) is 0 Å². The van der Waals surface area contributed by atoms with Crippen LogP contribution in [0, 0.1) is 0 Å². The van der Waals surface area contributed by atoms with Gasteiger partial charge in [0.2, 0.25) is 15.9 Å². The molecule has 0 saturated heterocycles. The molecule has 1 aromatic carbocycles. The molecule has 5 N–H and O–H groups in total. The third-order valence-electron chi connectivity index (χ3n) is 2.54. The molecule has 0 aliphatic heterocycles. The van der Waals surface area contributed by atoms with Crippen LogP contribution < -0.4 is 16.2 Å². The van der Waals surface area contributed by atoms with Crippen LogP contribution in [0.2, 0.25) is 0 Å². The number of amides is 1. The summed E-state index contributed by atoms with van der Waals surface area (Å²) >= 11 is 0. The second-order valence-electron chi connectivity index (χ2n) is 4.31. The number of carbonyl (C=O) groups excluding carboxylic acids is 1. The van der Waals surface area contributed by atoms with E-state index in [9.17, 15) is 13.2 Å².